The van der Waals surface area contributed by atoms with Crippen LogP contribution in [0.5, 0.6) is 0 Å². The first kappa shape index (κ1) is 25.5. The minimum Gasteiger partial charge on any atom is -0.348 e. The standard InChI is InChI=1S/C27H39N7S/c1-4-15-33(16-5-2)17-7-6-8-26-32-23-18-22(9-10-24(23)35-26)19-34(20-25-28-11-12-29-25)21(3)27-30-13-14-31-27/h9-14,18,21H,4-8,15-17,19-20H2,1-3H3,(H,28,29)(H,30,31). The Labute approximate surface area is 213 Å². The predicted molar refractivity (Wildman–Crippen MR) is 144 cm³/mol. The smallest absolute Gasteiger partial charge is 0.123 e. The number of benzene rings is 1. The Morgan fingerprint density at radius 1 is 0.943 bits per heavy atom. The summed E-state index contributed by atoms with van der Waals surface area (Å²) in [6.45, 7) is 11.9. The van der Waals surface area contributed by atoms with E-state index in [1.165, 1.54) is 60.6 Å². The van der Waals surface area contributed by atoms with E-state index >= 15 is 0 Å². The number of unbranched alkanes of at least 4 members (excludes halogenated alkanes) is 1. The highest BCUT2D eigenvalue weighted by molar-refractivity contribution is 7.18. The predicted octanol–water partition coefficient (Wildman–Crippen LogP) is 5.95. The van der Waals surface area contributed by atoms with E-state index < -0.39 is 0 Å². The fraction of sp³-hybridized carbons (Fsp3) is 0.519. The molecule has 188 valence electrons. The molecule has 7 nitrogen and oxygen atoms in total. The molecule has 0 saturated carbocycles. The van der Waals surface area contributed by atoms with Gasteiger partial charge >= 0.3 is 0 Å². The number of hydrogen-bond donors (Lipinski definition) is 2. The number of H-pyrrole nitrogens is 2. The van der Waals surface area contributed by atoms with Gasteiger partial charge in [-0.3, -0.25) is 4.90 Å². The minimum absolute atomic E-state index is 0.136. The van der Waals surface area contributed by atoms with Gasteiger partial charge in [-0.1, -0.05) is 19.9 Å². The first-order valence-corrected chi connectivity index (χ1v) is 13.8. The Bertz CT molecular complexity index is 1110. The van der Waals surface area contributed by atoms with Crippen molar-refractivity contribution < 1.29 is 0 Å². The van der Waals surface area contributed by atoms with Crippen LogP contribution in [0.15, 0.2) is 43.0 Å². The monoisotopic (exact) mass is 493 g/mol. The molecule has 0 aliphatic rings. The van der Waals surface area contributed by atoms with E-state index in [4.69, 9.17) is 4.98 Å². The van der Waals surface area contributed by atoms with Crippen LogP contribution < -0.4 is 0 Å². The second-order valence-electron chi connectivity index (χ2n) is 9.30. The third-order valence-corrected chi connectivity index (χ3v) is 7.54. The fourth-order valence-electron chi connectivity index (χ4n) is 4.63. The van der Waals surface area contributed by atoms with Crippen molar-refractivity contribution in [2.75, 3.05) is 19.6 Å². The van der Waals surface area contributed by atoms with Crippen LogP contribution in [0.1, 0.15) is 74.7 Å². The molecule has 0 spiro atoms. The number of hydrogen-bond acceptors (Lipinski definition) is 6. The minimum atomic E-state index is 0.136. The molecule has 1 aromatic carbocycles. The van der Waals surface area contributed by atoms with Crippen molar-refractivity contribution in [1.82, 2.24) is 34.7 Å². The molecule has 3 heterocycles. The van der Waals surface area contributed by atoms with Crippen LogP contribution in [-0.4, -0.2) is 54.4 Å². The second kappa shape index (κ2) is 13.0. The topological polar surface area (TPSA) is 76.7 Å². The average Bonchev–Trinajstić information content (AvgIpc) is 3.63. The fourth-order valence-corrected chi connectivity index (χ4v) is 5.61. The molecule has 0 amide bonds. The second-order valence-corrected chi connectivity index (χ2v) is 10.4. The van der Waals surface area contributed by atoms with E-state index in [1.807, 2.05) is 29.9 Å². The number of imidazole rings is 2. The lowest BCUT2D eigenvalue weighted by molar-refractivity contribution is 0.181. The number of aryl methyl sites for hydroxylation is 1. The first-order chi connectivity index (χ1) is 17.2. The molecular formula is C27H39N7S. The maximum absolute atomic E-state index is 4.99. The average molecular weight is 494 g/mol. The van der Waals surface area contributed by atoms with Crippen molar-refractivity contribution in [2.45, 2.75) is 72.0 Å². The third-order valence-electron chi connectivity index (χ3n) is 6.45. The van der Waals surface area contributed by atoms with Crippen LogP contribution in [0.3, 0.4) is 0 Å². The van der Waals surface area contributed by atoms with Gasteiger partial charge in [0.05, 0.1) is 27.8 Å². The van der Waals surface area contributed by atoms with Gasteiger partial charge in [-0.15, -0.1) is 11.3 Å². The van der Waals surface area contributed by atoms with Crippen molar-refractivity contribution in [3.63, 3.8) is 0 Å². The lowest BCUT2D eigenvalue weighted by atomic mass is 10.1. The van der Waals surface area contributed by atoms with Gasteiger partial charge in [-0.2, -0.15) is 0 Å². The van der Waals surface area contributed by atoms with Crippen molar-refractivity contribution >= 4 is 21.6 Å². The van der Waals surface area contributed by atoms with Crippen molar-refractivity contribution in [1.29, 1.82) is 0 Å². The zero-order valence-corrected chi connectivity index (χ0v) is 22.2. The summed E-state index contributed by atoms with van der Waals surface area (Å²) in [6, 6.07) is 6.86. The van der Waals surface area contributed by atoms with Crippen molar-refractivity contribution in [2.24, 2.45) is 0 Å². The summed E-state index contributed by atoms with van der Waals surface area (Å²) in [5.41, 5.74) is 2.37. The van der Waals surface area contributed by atoms with Gasteiger partial charge in [0, 0.05) is 31.3 Å². The van der Waals surface area contributed by atoms with E-state index in [1.54, 1.807) is 6.20 Å². The Morgan fingerprint density at radius 3 is 2.46 bits per heavy atom. The summed E-state index contributed by atoms with van der Waals surface area (Å²) < 4.78 is 1.28. The quantitative estimate of drug-likeness (QED) is 0.200. The SMILES string of the molecule is CCCN(CCC)CCCCc1nc2cc(CN(Cc3ncc[nH]3)C(C)c3ncc[nH]3)ccc2s1. The van der Waals surface area contributed by atoms with Gasteiger partial charge < -0.3 is 14.9 Å². The molecule has 0 aliphatic carbocycles. The van der Waals surface area contributed by atoms with E-state index in [2.05, 4.69) is 68.7 Å². The molecule has 0 saturated heterocycles. The molecule has 0 fully saturated rings. The number of fused-ring (bicyclic) bond motifs is 1. The molecule has 35 heavy (non-hydrogen) atoms. The summed E-state index contributed by atoms with van der Waals surface area (Å²) in [6.07, 6.45) is 13.4. The number of aromatic nitrogens is 5. The summed E-state index contributed by atoms with van der Waals surface area (Å²) in [5.74, 6) is 1.92. The number of thiazole rings is 1. The molecule has 8 heteroatoms. The normalized spacial score (nSPS) is 12.8. The van der Waals surface area contributed by atoms with Gasteiger partial charge in [0.25, 0.3) is 0 Å². The molecule has 3 aromatic heterocycles. The largest absolute Gasteiger partial charge is 0.348 e. The first-order valence-electron chi connectivity index (χ1n) is 13.0. The highest BCUT2D eigenvalue weighted by Gasteiger charge is 2.20. The molecular weight excluding hydrogens is 454 g/mol. The molecule has 4 aromatic rings. The highest BCUT2D eigenvalue weighted by atomic mass is 32.1. The van der Waals surface area contributed by atoms with E-state index in [0.29, 0.717) is 0 Å². The Balaban J connectivity index is 1.39. The van der Waals surface area contributed by atoms with Crippen LogP contribution in [0, 0.1) is 0 Å². The van der Waals surface area contributed by atoms with E-state index in [-0.39, 0.29) is 6.04 Å². The number of rotatable bonds is 15. The summed E-state index contributed by atoms with van der Waals surface area (Å²) in [7, 11) is 0. The van der Waals surface area contributed by atoms with Gasteiger partial charge in [0.1, 0.15) is 11.6 Å². The van der Waals surface area contributed by atoms with E-state index in [9.17, 15) is 0 Å². The van der Waals surface area contributed by atoms with Gasteiger partial charge in [-0.25, -0.2) is 15.0 Å². The van der Waals surface area contributed by atoms with Crippen LogP contribution in [-0.2, 0) is 19.5 Å². The molecule has 0 bridgehead atoms. The molecule has 0 aliphatic heterocycles. The van der Waals surface area contributed by atoms with Gasteiger partial charge in [0.15, 0.2) is 0 Å². The highest BCUT2D eigenvalue weighted by Crippen LogP contribution is 2.27. The zero-order valence-electron chi connectivity index (χ0n) is 21.3. The summed E-state index contributed by atoms with van der Waals surface area (Å²) >= 11 is 1.84. The maximum atomic E-state index is 4.99. The molecule has 4 rings (SSSR count). The number of nitrogens with zero attached hydrogens (tertiary/aromatic N) is 5. The van der Waals surface area contributed by atoms with Crippen LogP contribution >= 0.6 is 11.3 Å². The zero-order chi connectivity index (χ0) is 24.5. The summed E-state index contributed by atoms with van der Waals surface area (Å²) in [4.78, 5) is 25.4. The Hall–Kier alpha value is -2.55. The van der Waals surface area contributed by atoms with Crippen LogP contribution in [0.2, 0.25) is 0 Å². The molecule has 0 radical (unpaired) electrons. The Kier molecular flexibility index (Phi) is 9.45. The van der Waals surface area contributed by atoms with Gasteiger partial charge in [-0.05, 0) is 76.4 Å². The van der Waals surface area contributed by atoms with Crippen LogP contribution in [0.4, 0.5) is 0 Å². The van der Waals surface area contributed by atoms with Crippen molar-refractivity contribution in [3.05, 3.63) is 65.2 Å². The van der Waals surface area contributed by atoms with Gasteiger partial charge in [0.2, 0.25) is 0 Å². The lowest BCUT2D eigenvalue weighted by Gasteiger charge is -2.27. The maximum Gasteiger partial charge on any atom is 0.123 e. The lowest BCUT2D eigenvalue weighted by Crippen LogP contribution is -2.27. The molecule has 1 unspecified atom stereocenters. The molecule has 2 N–H and O–H groups in total. The van der Waals surface area contributed by atoms with E-state index in [0.717, 1.165) is 36.7 Å². The summed E-state index contributed by atoms with van der Waals surface area (Å²) in [5, 5.41) is 1.26. The van der Waals surface area contributed by atoms with Crippen molar-refractivity contribution in [3.8, 4) is 0 Å². The molecule has 1 atom stereocenters. The Morgan fingerprint density at radius 2 is 1.74 bits per heavy atom. The number of aromatic amines is 2. The third kappa shape index (κ3) is 7.22. The number of nitrogens with one attached hydrogen (secondary N) is 2. The van der Waals surface area contributed by atoms with Crippen LogP contribution in [0.25, 0.3) is 10.2 Å².